The molecule has 1 aromatic heterocycles. The van der Waals surface area contributed by atoms with Crippen LogP contribution in [0.5, 0.6) is 0 Å². The third-order valence-corrected chi connectivity index (χ3v) is 3.10. The fraction of sp³-hybridized carbons (Fsp3) is 0.778. The van der Waals surface area contributed by atoms with Crippen LogP contribution in [0.25, 0.3) is 0 Å². The first-order chi connectivity index (χ1) is 6.75. The maximum atomic E-state index is 5.08. The lowest BCUT2D eigenvalue weighted by Gasteiger charge is -2.31. The number of rotatable bonds is 2. The predicted molar refractivity (Wildman–Crippen MR) is 56.0 cm³/mol. The molecule has 78 valence electrons. The number of aromatic nitrogens is 2. The molecule has 1 atom stereocenters. The molecule has 0 N–H and O–H groups in total. The molecule has 5 heteroatoms. The summed E-state index contributed by atoms with van der Waals surface area (Å²) in [6, 6.07) is 0.566. The zero-order chi connectivity index (χ0) is 9.97. The minimum absolute atomic E-state index is 0.547. The maximum absolute atomic E-state index is 5.08. The average molecular weight is 260 g/mol. The molecular formula is C9H14BrN3O. The molecule has 1 unspecified atom stereocenters. The molecule has 0 aliphatic carbocycles. The molecule has 0 spiro atoms. The average Bonchev–Trinajstić information content (AvgIpc) is 2.56. The Balaban J connectivity index is 1.95. The van der Waals surface area contributed by atoms with Crippen LogP contribution >= 0.6 is 15.9 Å². The Hall–Kier alpha value is -0.420. The standard InChI is InChI=1S/C9H14BrN3O/c1-13-5-3-2-4-7(13)6-8-11-9(10)12-14-8/h7H,2-6H2,1H3. The van der Waals surface area contributed by atoms with Gasteiger partial charge in [0.1, 0.15) is 0 Å². The highest BCUT2D eigenvalue weighted by Gasteiger charge is 2.21. The molecule has 1 aliphatic rings. The van der Waals surface area contributed by atoms with E-state index in [0.717, 1.165) is 12.3 Å². The third kappa shape index (κ3) is 2.33. The molecule has 0 aromatic carbocycles. The van der Waals surface area contributed by atoms with Crippen molar-refractivity contribution in [3.63, 3.8) is 0 Å². The number of piperidine rings is 1. The second-order valence-electron chi connectivity index (χ2n) is 3.79. The lowest BCUT2D eigenvalue weighted by molar-refractivity contribution is 0.173. The highest BCUT2D eigenvalue weighted by Crippen LogP contribution is 2.18. The minimum Gasteiger partial charge on any atom is -0.338 e. The molecule has 1 aromatic rings. The lowest BCUT2D eigenvalue weighted by Crippen LogP contribution is -2.37. The molecular weight excluding hydrogens is 246 g/mol. The van der Waals surface area contributed by atoms with Crippen LogP contribution in [0.4, 0.5) is 0 Å². The van der Waals surface area contributed by atoms with E-state index in [9.17, 15) is 0 Å². The van der Waals surface area contributed by atoms with Crippen LogP contribution in [0.2, 0.25) is 0 Å². The number of likely N-dealkylation sites (N-methyl/N-ethyl adjacent to an activating group) is 1. The van der Waals surface area contributed by atoms with E-state index in [0.29, 0.717) is 10.8 Å². The quantitative estimate of drug-likeness (QED) is 0.814. The van der Waals surface area contributed by atoms with Crippen molar-refractivity contribution in [2.75, 3.05) is 13.6 Å². The Labute approximate surface area is 91.8 Å². The fourth-order valence-electron chi connectivity index (χ4n) is 1.92. The summed E-state index contributed by atoms with van der Waals surface area (Å²) >= 11 is 3.18. The van der Waals surface area contributed by atoms with Crippen LogP contribution in [0.15, 0.2) is 9.26 Å². The van der Waals surface area contributed by atoms with Gasteiger partial charge in [-0.25, -0.2) is 0 Å². The SMILES string of the molecule is CN1CCCCC1Cc1nc(Br)no1. The first-order valence-electron chi connectivity index (χ1n) is 4.94. The van der Waals surface area contributed by atoms with Gasteiger partial charge in [-0.3, -0.25) is 0 Å². The van der Waals surface area contributed by atoms with Crippen molar-refractivity contribution in [1.29, 1.82) is 0 Å². The normalized spacial score (nSPS) is 24.0. The van der Waals surface area contributed by atoms with Crippen LogP contribution in [-0.2, 0) is 6.42 Å². The van der Waals surface area contributed by atoms with E-state index in [1.165, 1.54) is 25.8 Å². The van der Waals surface area contributed by atoms with Crippen LogP contribution < -0.4 is 0 Å². The van der Waals surface area contributed by atoms with Crippen LogP contribution in [-0.4, -0.2) is 34.7 Å². The molecule has 1 aliphatic heterocycles. The summed E-state index contributed by atoms with van der Waals surface area (Å²) in [6.07, 6.45) is 4.72. The number of hydrogen-bond donors (Lipinski definition) is 0. The Morgan fingerprint density at radius 3 is 3.07 bits per heavy atom. The molecule has 0 amide bonds. The van der Waals surface area contributed by atoms with Crippen molar-refractivity contribution in [1.82, 2.24) is 15.0 Å². The van der Waals surface area contributed by atoms with Gasteiger partial charge in [0.15, 0.2) is 0 Å². The number of likely N-dealkylation sites (tertiary alicyclic amines) is 1. The largest absolute Gasteiger partial charge is 0.338 e. The molecule has 0 bridgehead atoms. The smallest absolute Gasteiger partial charge is 0.238 e. The Morgan fingerprint density at radius 2 is 2.43 bits per heavy atom. The van der Waals surface area contributed by atoms with Gasteiger partial charge in [-0.15, -0.1) is 0 Å². The van der Waals surface area contributed by atoms with Crippen molar-refractivity contribution in [2.45, 2.75) is 31.7 Å². The summed E-state index contributed by atoms with van der Waals surface area (Å²) in [4.78, 5) is 6.53. The van der Waals surface area contributed by atoms with Gasteiger partial charge in [-0.1, -0.05) is 6.42 Å². The second-order valence-corrected chi connectivity index (χ2v) is 4.50. The van der Waals surface area contributed by atoms with E-state index in [1.54, 1.807) is 0 Å². The van der Waals surface area contributed by atoms with E-state index in [4.69, 9.17) is 4.52 Å². The van der Waals surface area contributed by atoms with Gasteiger partial charge >= 0.3 is 0 Å². The molecule has 2 heterocycles. The van der Waals surface area contributed by atoms with Crippen LogP contribution in [0.1, 0.15) is 25.2 Å². The third-order valence-electron chi connectivity index (χ3n) is 2.78. The van der Waals surface area contributed by atoms with Crippen molar-refractivity contribution in [3.8, 4) is 0 Å². The molecule has 2 rings (SSSR count). The monoisotopic (exact) mass is 259 g/mol. The zero-order valence-electron chi connectivity index (χ0n) is 8.24. The van der Waals surface area contributed by atoms with Crippen LogP contribution in [0, 0.1) is 0 Å². The van der Waals surface area contributed by atoms with Crippen molar-refractivity contribution in [3.05, 3.63) is 10.6 Å². The van der Waals surface area contributed by atoms with Crippen molar-refractivity contribution >= 4 is 15.9 Å². The van der Waals surface area contributed by atoms with Gasteiger partial charge in [0.2, 0.25) is 10.6 Å². The van der Waals surface area contributed by atoms with E-state index >= 15 is 0 Å². The van der Waals surface area contributed by atoms with Gasteiger partial charge in [0.05, 0.1) is 0 Å². The number of halogens is 1. The van der Waals surface area contributed by atoms with Gasteiger partial charge in [-0.05, 0) is 47.5 Å². The Kier molecular flexibility index (Phi) is 3.18. The number of hydrogen-bond acceptors (Lipinski definition) is 4. The zero-order valence-corrected chi connectivity index (χ0v) is 9.83. The number of nitrogens with zero attached hydrogens (tertiary/aromatic N) is 3. The molecule has 0 radical (unpaired) electrons. The molecule has 14 heavy (non-hydrogen) atoms. The maximum Gasteiger partial charge on any atom is 0.238 e. The van der Waals surface area contributed by atoms with Crippen molar-refractivity contribution < 1.29 is 4.52 Å². The second kappa shape index (κ2) is 4.40. The van der Waals surface area contributed by atoms with Gasteiger partial charge < -0.3 is 9.42 Å². The highest BCUT2D eigenvalue weighted by molar-refractivity contribution is 9.10. The van der Waals surface area contributed by atoms with Gasteiger partial charge in [-0.2, -0.15) is 4.98 Å². The first-order valence-corrected chi connectivity index (χ1v) is 5.73. The fourth-order valence-corrected chi connectivity index (χ4v) is 2.19. The molecule has 1 fully saturated rings. The van der Waals surface area contributed by atoms with Crippen molar-refractivity contribution in [2.24, 2.45) is 0 Å². The molecule has 4 nitrogen and oxygen atoms in total. The highest BCUT2D eigenvalue weighted by atomic mass is 79.9. The topological polar surface area (TPSA) is 42.2 Å². The van der Waals surface area contributed by atoms with Gasteiger partial charge in [0, 0.05) is 12.5 Å². The minimum atomic E-state index is 0.547. The summed E-state index contributed by atoms with van der Waals surface area (Å²) in [5.41, 5.74) is 0. The molecule has 1 saturated heterocycles. The predicted octanol–water partition coefficient (Wildman–Crippen LogP) is 1.86. The summed E-state index contributed by atoms with van der Waals surface area (Å²) < 4.78 is 5.63. The first kappa shape index (κ1) is 10.1. The van der Waals surface area contributed by atoms with E-state index < -0.39 is 0 Å². The van der Waals surface area contributed by atoms with E-state index in [-0.39, 0.29) is 0 Å². The summed E-state index contributed by atoms with van der Waals surface area (Å²) in [6.45, 7) is 1.18. The molecule has 0 saturated carbocycles. The van der Waals surface area contributed by atoms with Gasteiger partial charge in [0.25, 0.3) is 0 Å². The van der Waals surface area contributed by atoms with E-state index in [2.05, 4.69) is 38.0 Å². The Morgan fingerprint density at radius 1 is 1.57 bits per heavy atom. The lowest BCUT2D eigenvalue weighted by atomic mass is 10.0. The van der Waals surface area contributed by atoms with Crippen LogP contribution in [0.3, 0.4) is 0 Å². The summed E-state index contributed by atoms with van der Waals surface area (Å²) in [5.74, 6) is 0.732. The summed E-state index contributed by atoms with van der Waals surface area (Å²) in [7, 11) is 2.16. The Bertz CT molecular complexity index is 302. The van der Waals surface area contributed by atoms with E-state index in [1.807, 2.05) is 0 Å². The summed E-state index contributed by atoms with van der Waals surface area (Å²) in [5, 5.41) is 3.72.